The molecule has 19 heavy (non-hydrogen) atoms. The quantitative estimate of drug-likeness (QED) is 0.697. The Hall–Kier alpha value is -2.35. The van der Waals surface area contributed by atoms with Crippen molar-refractivity contribution in [1.29, 1.82) is 0 Å². The fourth-order valence-electron chi connectivity index (χ4n) is 2.34. The van der Waals surface area contributed by atoms with Crippen molar-refractivity contribution in [3.63, 3.8) is 0 Å². The molecule has 0 aliphatic heterocycles. The Bertz CT molecular complexity index is 697. The molecule has 2 heteroatoms. The van der Waals surface area contributed by atoms with Gasteiger partial charge in [0.2, 0.25) is 0 Å². The zero-order valence-electron chi connectivity index (χ0n) is 10.6. The van der Waals surface area contributed by atoms with E-state index in [1.165, 1.54) is 5.56 Å². The molecule has 0 atom stereocenters. The standard InChI is InChI=1S/C17H15NO/c19-17(11-10-13-6-2-1-3-7-13)15-12-18-16-9-5-4-8-14(15)16/h1-9,12,18H,10-11H2. The van der Waals surface area contributed by atoms with Crippen molar-refractivity contribution in [3.8, 4) is 0 Å². The number of rotatable bonds is 4. The number of carbonyl (C=O) groups is 1. The lowest BCUT2D eigenvalue weighted by molar-refractivity contribution is 0.0984. The Balaban J connectivity index is 1.77. The Morgan fingerprint density at radius 1 is 0.947 bits per heavy atom. The van der Waals surface area contributed by atoms with Crippen molar-refractivity contribution < 1.29 is 4.79 Å². The minimum Gasteiger partial charge on any atom is -0.360 e. The molecule has 0 unspecified atom stereocenters. The van der Waals surface area contributed by atoms with Crippen LogP contribution in [0.1, 0.15) is 22.3 Å². The van der Waals surface area contributed by atoms with Gasteiger partial charge in [-0.25, -0.2) is 0 Å². The highest BCUT2D eigenvalue weighted by molar-refractivity contribution is 6.07. The van der Waals surface area contributed by atoms with Gasteiger partial charge in [0.1, 0.15) is 0 Å². The first-order chi connectivity index (χ1) is 9.34. The molecule has 0 radical (unpaired) electrons. The predicted octanol–water partition coefficient (Wildman–Crippen LogP) is 3.98. The fourth-order valence-corrected chi connectivity index (χ4v) is 2.34. The number of aromatic nitrogens is 1. The molecule has 0 spiro atoms. The lowest BCUT2D eigenvalue weighted by Crippen LogP contribution is -2.00. The van der Waals surface area contributed by atoms with Gasteiger partial charge in [0, 0.05) is 29.1 Å². The molecule has 1 N–H and O–H groups in total. The third kappa shape index (κ3) is 2.43. The lowest BCUT2D eigenvalue weighted by atomic mass is 10.0. The van der Waals surface area contributed by atoms with E-state index in [2.05, 4.69) is 17.1 Å². The molecule has 2 nitrogen and oxygen atoms in total. The minimum absolute atomic E-state index is 0.196. The molecule has 3 rings (SSSR count). The lowest BCUT2D eigenvalue weighted by Gasteiger charge is -2.00. The van der Waals surface area contributed by atoms with Gasteiger partial charge in [0.05, 0.1) is 0 Å². The van der Waals surface area contributed by atoms with Crippen LogP contribution in [0.3, 0.4) is 0 Å². The number of carbonyl (C=O) groups excluding carboxylic acids is 1. The smallest absolute Gasteiger partial charge is 0.165 e. The number of para-hydroxylation sites is 1. The van der Waals surface area contributed by atoms with Crippen molar-refractivity contribution in [2.75, 3.05) is 0 Å². The van der Waals surface area contributed by atoms with Crippen LogP contribution in [0.4, 0.5) is 0 Å². The molecule has 0 aliphatic rings. The van der Waals surface area contributed by atoms with Crippen LogP contribution in [0.15, 0.2) is 60.8 Å². The number of hydrogen-bond donors (Lipinski definition) is 1. The van der Waals surface area contributed by atoms with Gasteiger partial charge in [-0.2, -0.15) is 0 Å². The number of benzene rings is 2. The molecule has 0 aliphatic carbocycles. The Kier molecular flexibility index (Phi) is 3.15. The van der Waals surface area contributed by atoms with Gasteiger partial charge in [-0.1, -0.05) is 48.5 Å². The first-order valence-electron chi connectivity index (χ1n) is 6.48. The summed E-state index contributed by atoms with van der Waals surface area (Å²) < 4.78 is 0. The van der Waals surface area contributed by atoms with Gasteiger partial charge in [0.15, 0.2) is 5.78 Å². The largest absolute Gasteiger partial charge is 0.360 e. The van der Waals surface area contributed by atoms with Gasteiger partial charge in [-0.3, -0.25) is 4.79 Å². The van der Waals surface area contributed by atoms with Crippen LogP contribution < -0.4 is 0 Å². The molecule has 0 saturated carbocycles. The summed E-state index contributed by atoms with van der Waals surface area (Å²) in [5.74, 6) is 0.196. The van der Waals surface area contributed by atoms with Gasteiger partial charge < -0.3 is 4.98 Å². The zero-order valence-corrected chi connectivity index (χ0v) is 10.6. The van der Waals surface area contributed by atoms with E-state index in [9.17, 15) is 4.79 Å². The summed E-state index contributed by atoms with van der Waals surface area (Å²) >= 11 is 0. The van der Waals surface area contributed by atoms with E-state index < -0.39 is 0 Å². The predicted molar refractivity (Wildman–Crippen MR) is 77.4 cm³/mol. The van der Waals surface area contributed by atoms with Crippen LogP contribution in [0.2, 0.25) is 0 Å². The Morgan fingerprint density at radius 3 is 2.53 bits per heavy atom. The number of nitrogens with one attached hydrogen (secondary N) is 1. The van der Waals surface area contributed by atoms with E-state index in [1.54, 1.807) is 0 Å². The van der Waals surface area contributed by atoms with E-state index in [0.717, 1.165) is 22.9 Å². The van der Waals surface area contributed by atoms with E-state index in [0.29, 0.717) is 6.42 Å². The normalized spacial score (nSPS) is 10.7. The number of Topliss-reactive ketones (excluding diaryl/α,β-unsaturated/α-hetero) is 1. The van der Waals surface area contributed by atoms with Gasteiger partial charge in [0.25, 0.3) is 0 Å². The molecule has 1 heterocycles. The number of ketones is 1. The molecule has 0 saturated heterocycles. The summed E-state index contributed by atoms with van der Waals surface area (Å²) in [6.45, 7) is 0. The number of fused-ring (bicyclic) bond motifs is 1. The third-order valence-electron chi connectivity index (χ3n) is 3.37. The number of aromatic amines is 1. The number of H-pyrrole nitrogens is 1. The molecular formula is C17H15NO. The van der Waals surface area contributed by atoms with Crippen LogP contribution in [0, 0.1) is 0 Å². The molecular weight excluding hydrogens is 234 g/mol. The van der Waals surface area contributed by atoms with Crippen LogP contribution in [-0.2, 0) is 6.42 Å². The Labute approximate surface area is 112 Å². The van der Waals surface area contributed by atoms with Crippen molar-refractivity contribution in [2.24, 2.45) is 0 Å². The second-order valence-corrected chi connectivity index (χ2v) is 4.66. The van der Waals surface area contributed by atoms with Crippen molar-refractivity contribution in [3.05, 3.63) is 71.9 Å². The first-order valence-corrected chi connectivity index (χ1v) is 6.48. The summed E-state index contributed by atoms with van der Waals surface area (Å²) in [7, 11) is 0. The second-order valence-electron chi connectivity index (χ2n) is 4.66. The maximum absolute atomic E-state index is 12.3. The topological polar surface area (TPSA) is 32.9 Å². The second kappa shape index (κ2) is 5.11. The molecule has 0 amide bonds. The summed E-state index contributed by atoms with van der Waals surface area (Å²) in [6.07, 6.45) is 3.16. The summed E-state index contributed by atoms with van der Waals surface area (Å²) in [6, 6.07) is 18.0. The maximum atomic E-state index is 12.3. The zero-order chi connectivity index (χ0) is 13.1. The fraction of sp³-hybridized carbons (Fsp3) is 0.118. The molecule has 2 aromatic carbocycles. The average Bonchev–Trinajstić information content (AvgIpc) is 2.90. The summed E-state index contributed by atoms with van der Waals surface area (Å²) in [5, 5.41) is 1.01. The monoisotopic (exact) mass is 249 g/mol. The van der Waals surface area contributed by atoms with Crippen LogP contribution >= 0.6 is 0 Å². The van der Waals surface area contributed by atoms with Gasteiger partial charge in [-0.15, -0.1) is 0 Å². The first kappa shape index (κ1) is 11.7. The molecule has 3 aromatic rings. The number of aryl methyl sites for hydroxylation is 1. The van der Waals surface area contributed by atoms with E-state index in [1.807, 2.05) is 48.7 Å². The van der Waals surface area contributed by atoms with Crippen LogP contribution in [0.5, 0.6) is 0 Å². The van der Waals surface area contributed by atoms with Crippen LogP contribution in [-0.4, -0.2) is 10.8 Å². The van der Waals surface area contributed by atoms with Crippen molar-refractivity contribution in [2.45, 2.75) is 12.8 Å². The van der Waals surface area contributed by atoms with Crippen molar-refractivity contribution >= 4 is 16.7 Å². The van der Waals surface area contributed by atoms with Gasteiger partial charge >= 0.3 is 0 Å². The van der Waals surface area contributed by atoms with Gasteiger partial charge in [-0.05, 0) is 18.1 Å². The summed E-state index contributed by atoms with van der Waals surface area (Å²) in [4.78, 5) is 15.4. The molecule has 0 bridgehead atoms. The van der Waals surface area contributed by atoms with E-state index >= 15 is 0 Å². The highest BCUT2D eigenvalue weighted by Crippen LogP contribution is 2.19. The molecule has 94 valence electrons. The third-order valence-corrected chi connectivity index (χ3v) is 3.37. The minimum atomic E-state index is 0.196. The highest BCUT2D eigenvalue weighted by atomic mass is 16.1. The molecule has 1 aromatic heterocycles. The SMILES string of the molecule is O=C(CCc1ccccc1)c1c[nH]c2ccccc12. The highest BCUT2D eigenvalue weighted by Gasteiger charge is 2.11. The average molecular weight is 249 g/mol. The van der Waals surface area contributed by atoms with Crippen molar-refractivity contribution in [1.82, 2.24) is 4.98 Å². The van der Waals surface area contributed by atoms with Crippen LogP contribution in [0.25, 0.3) is 10.9 Å². The maximum Gasteiger partial charge on any atom is 0.165 e. The van der Waals surface area contributed by atoms with E-state index in [-0.39, 0.29) is 5.78 Å². The van der Waals surface area contributed by atoms with E-state index in [4.69, 9.17) is 0 Å². The Morgan fingerprint density at radius 2 is 1.68 bits per heavy atom. The summed E-state index contributed by atoms with van der Waals surface area (Å²) in [5.41, 5.74) is 3.02. The molecule has 0 fully saturated rings. The number of hydrogen-bond acceptors (Lipinski definition) is 1.